The van der Waals surface area contributed by atoms with Gasteiger partial charge in [0.1, 0.15) is 0 Å². The molecule has 1 fully saturated rings. The van der Waals surface area contributed by atoms with Gasteiger partial charge in [0.15, 0.2) is 5.76 Å². The highest BCUT2D eigenvalue weighted by molar-refractivity contribution is 6.30. The second-order valence-corrected chi connectivity index (χ2v) is 5.40. The predicted octanol–water partition coefficient (Wildman–Crippen LogP) is 3.98. The first-order valence-electron chi connectivity index (χ1n) is 6.74. The van der Waals surface area contributed by atoms with E-state index in [1.54, 1.807) is 6.20 Å². The highest BCUT2D eigenvalue weighted by Gasteiger charge is 2.14. The molecule has 1 saturated heterocycles. The largest absolute Gasteiger partial charge is 0.439 e. The van der Waals surface area contributed by atoms with E-state index in [9.17, 15) is 0 Å². The van der Waals surface area contributed by atoms with Crippen molar-refractivity contribution in [3.05, 3.63) is 41.4 Å². The Morgan fingerprint density at radius 1 is 1.11 bits per heavy atom. The first-order valence-corrected chi connectivity index (χ1v) is 7.12. The lowest BCUT2D eigenvalue weighted by molar-refractivity contribution is 0.202. The van der Waals surface area contributed by atoms with Crippen molar-refractivity contribution in [3.8, 4) is 11.3 Å². The fourth-order valence-electron chi connectivity index (χ4n) is 2.44. The van der Waals surface area contributed by atoms with Crippen molar-refractivity contribution in [2.24, 2.45) is 0 Å². The zero-order valence-corrected chi connectivity index (χ0v) is 11.6. The van der Waals surface area contributed by atoms with Crippen LogP contribution in [0.25, 0.3) is 11.3 Å². The minimum Gasteiger partial charge on any atom is -0.439 e. The van der Waals surface area contributed by atoms with Gasteiger partial charge >= 0.3 is 0 Å². The third kappa shape index (κ3) is 3.17. The van der Waals surface area contributed by atoms with E-state index in [0.29, 0.717) is 0 Å². The smallest absolute Gasteiger partial charge is 0.209 e. The zero-order chi connectivity index (χ0) is 13.1. The van der Waals surface area contributed by atoms with Crippen LogP contribution in [0.3, 0.4) is 0 Å². The number of hydrogen-bond donors (Lipinski definition) is 0. The summed E-state index contributed by atoms with van der Waals surface area (Å²) >= 11 is 5.88. The van der Waals surface area contributed by atoms with Gasteiger partial charge in [-0.15, -0.1) is 0 Å². The fourth-order valence-corrected chi connectivity index (χ4v) is 2.57. The van der Waals surface area contributed by atoms with Crippen LogP contribution < -0.4 is 0 Å². The van der Waals surface area contributed by atoms with Crippen LogP contribution in [-0.4, -0.2) is 23.0 Å². The molecule has 3 nitrogen and oxygen atoms in total. The van der Waals surface area contributed by atoms with E-state index >= 15 is 0 Å². The van der Waals surface area contributed by atoms with Gasteiger partial charge in [0.2, 0.25) is 5.89 Å². The number of oxazole rings is 1. The van der Waals surface area contributed by atoms with Crippen molar-refractivity contribution >= 4 is 11.6 Å². The van der Waals surface area contributed by atoms with Gasteiger partial charge in [0, 0.05) is 10.6 Å². The minimum atomic E-state index is 0.733. The maximum absolute atomic E-state index is 5.88. The van der Waals surface area contributed by atoms with Crippen molar-refractivity contribution in [2.75, 3.05) is 13.1 Å². The van der Waals surface area contributed by atoms with E-state index in [2.05, 4.69) is 9.88 Å². The highest BCUT2D eigenvalue weighted by atomic mass is 35.5. The summed E-state index contributed by atoms with van der Waals surface area (Å²) in [6.45, 7) is 3.12. The van der Waals surface area contributed by atoms with Crippen molar-refractivity contribution in [1.29, 1.82) is 0 Å². The molecule has 0 aliphatic carbocycles. The molecule has 2 aromatic rings. The van der Waals surface area contributed by atoms with Gasteiger partial charge in [-0.2, -0.15) is 0 Å². The van der Waals surface area contributed by atoms with Crippen molar-refractivity contribution < 1.29 is 4.42 Å². The Bertz CT molecular complexity index is 529. The summed E-state index contributed by atoms with van der Waals surface area (Å²) in [5.74, 6) is 1.61. The Labute approximate surface area is 118 Å². The summed E-state index contributed by atoms with van der Waals surface area (Å²) in [6, 6.07) is 7.63. The minimum absolute atomic E-state index is 0.733. The van der Waals surface area contributed by atoms with Gasteiger partial charge in [0.05, 0.1) is 12.7 Å². The quantitative estimate of drug-likeness (QED) is 0.849. The molecule has 0 saturated carbocycles. The van der Waals surface area contributed by atoms with Crippen molar-refractivity contribution in [2.45, 2.75) is 25.8 Å². The summed E-state index contributed by atoms with van der Waals surface area (Å²) < 4.78 is 5.82. The average molecular weight is 277 g/mol. The molecule has 0 spiro atoms. The number of benzene rings is 1. The standard InChI is InChI=1S/C15H17ClN2O/c16-13-6-4-12(5-7-13)14-10-17-15(19-14)11-18-8-2-1-3-9-18/h4-7,10H,1-3,8-9,11H2. The predicted molar refractivity (Wildman–Crippen MR) is 76.1 cm³/mol. The highest BCUT2D eigenvalue weighted by Crippen LogP contribution is 2.23. The molecule has 0 unspecified atom stereocenters. The Hall–Kier alpha value is -1.32. The number of piperidine rings is 1. The number of aromatic nitrogens is 1. The SMILES string of the molecule is Clc1ccc(-c2cnc(CN3CCCCC3)o2)cc1. The average Bonchev–Trinajstić information content (AvgIpc) is 2.89. The lowest BCUT2D eigenvalue weighted by atomic mass is 10.1. The summed E-state index contributed by atoms with van der Waals surface area (Å²) in [6.07, 6.45) is 5.70. The molecule has 0 atom stereocenters. The third-order valence-electron chi connectivity index (χ3n) is 3.49. The van der Waals surface area contributed by atoms with E-state index in [1.807, 2.05) is 24.3 Å². The lowest BCUT2D eigenvalue weighted by Crippen LogP contribution is -2.29. The number of likely N-dealkylation sites (tertiary alicyclic amines) is 1. The van der Waals surface area contributed by atoms with Crippen LogP contribution in [-0.2, 0) is 6.54 Å². The van der Waals surface area contributed by atoms with Gasteiger partial charge in [-0.3, -0.25) is 4.90 Å². The molecule has 0 amide bonds. The van der Waals surface area contributed by atoms with Crippen molar-refractivity contribution in [1.82, 2.24) is 9.88 Å². The summed E-state index contributed by atoms with van der Waals surface area (Å²) in [5, 5.41) is 0.733. The van der Waals surface area contributed by atoms with Crippen LogP contribution in [0.4, 0.5) is 0 Å². The van der Waals surface area contributed by atoms with Crippen LogP contribution in [0.1, 0.15) is 25.2 Å². The molecular weight excluding hydrogens is 260 g/mol. The maximum Gasteiger partial charge on any atom is 0.209 e. The van der Waals surface area contributed by atoms with E-state index in [1.165, 1.54) is 19.3 Å². The number of halogens is 1. The maximum atomic E-state index is 5.88. The summed E-state index contributed by atoms with van der Waals surface area (Å²) in [4.78, 5) is 6.77. The number of rotatable bonds is 3. The zero-order valence-electron chi connectivity index (χ0n) is 10.8. The molecule has 3 rings (SSSR count). The lowest BCUT2D eigenvalue weighted by Gasteiger charge is -2.24. The van der Waals surface area contributed by atoms with Crippen molar-refractivity contribution in [3.63, 3.8) is 0 Å². The molecule has 1 aliphatic heterocycles. The normalized spacial score (nSPS) is 16.7. The van der Waals surface area contributed by atoms with Crippen LogP contribution in [0.5, 0.6) is 0 Å². The molecule has 1 aromatic carbocycles. The fraction of sp³-hybridized carbons (Fsp3) is 0.400. The van der Waals surface area contributed by atoms with E-state index in [-0.39, 0.29) is 0 Å². The number of hydrogen-bond acceptors (Lipinski definition) is 3. The molecule has 1 aromatic heterocycles. The monoisotopic (exact) mass is 276 g/mol. The van der Waals surface area contributed by atoms with Crippen LogP contribution in [0, 0.1) is 0 Å². The van der Waals surface area contributed by atoms with Crippen LogP contribution in [0.15, 0.2) is 34.9 Å². The second kappa shape index (κ2) is 5.76. The van der Waals surface area contributed by atoms with Gasteiger partial charge in [0.25, 0.3) is 0 Å². The van der Waals surface area contributed by atoms with Crippen LogP contribution in [0.2, 0.25) is 5.02 Å². The Morgan fingerprint density at radius 2 is 1.84 bits per heavy atom. The number of nitrogens with zero attached hydrogens (tertiary/aromatic N) is 2. The molecule has 0 radical (unpaired) electrons. The molecule has 1 aliphatic rings. The molecule has 0 bridgehead atoms. The molecular formula is C15H17ClN2O. The van der Waals surface area contributed by atoms with E-state index in [0.717, 1.165) is 41.9 Å². The van der Waals surface area contributed by atoms with Gasteiger partial charge < -0.3 is 4.42 Å². The Morgan fingerprint density at radius 3 is 2.58 bits per heavy atom. The topological polar surface area (TPSA) is 29.3 Å². The van der Waals surface area contributed by atoms with Gasteiger partial charge in [-0.1, -0.05) is 18.0 Å². The molecule has 0 N–H and O–H groups in total. The first-order chi connectivity index (χ1) is 9.31. The Balaban J connectivity index is 1.70. The van der Waals surface area contributed by atoms with Gasteiger partial charge in [-0.25, -0.2) is 4.98 Å². The summed E-state index contributed by atoms with van der Waals surface area (Å²) in [7, 11) is 0. The third-order valence-corrected chi connectivity index (χ3v) is 3.74. The second-order valence-electron chi connectivity index (χ2n) is 4.96. The molecule has 4 heteroatoms. The Kier molecular flexibility index (Phi) is 3.85. The summed E-state index contributed by atoms with van der Waals surface area (Å²) in [5.41, 5.74) is 1.02. The van der Waals surface area contributed by atoms with E-state index in [4.69, 9.17) is 16.0 Å². The van der Waals surface area contributed by atoms with E-state index < -0.39 is 0 Å². The molecule has 100 valence electrons. The van der Waals surface area contributed by atoms with Gasteiger partial charge in [-0.05, 0) is 50.2 Å². The first kappa shape index (κ1) is 12.7. The van der Waals surface area contributed by atoms with Crippen LogP contribution >= 0.6 is 11.6 Å². The molecule has 19 heavy (non-hydrogen) atoms. The molecule has 2 heterocycles.